The van der Waals surface area contributed by atoms with E-state index in [1.807, 2.05) is 36.1 Å². The summed E-state index contributed by atoms with van der Waals surface area (Å²) >= 11 is 0. The van der Waals surface area contributed by atoms with Crippen molar-refractivity contribution in [1.82, 2.24) is 4.90 Å². The molecule has 0 unspecified atom stereocenters. The molecule has 0 bridgehead atoms. The Morgan fingerprint density at radius 3 is 2.23 bits per heavy atom. The first-order valence-corrected chi connectivity index (χ1v) is 8.84. The first kappa shape index (κ1) is 18.0. The van der Waals surface area contributed by atoms with Gasteiger partial charge in [-0.25, -0.2) is 4.79 Å². The molecule has 5 heteroatoms. The van der Waals surface area contributed by atoms with E-state index >= 15 is 0 Å². The molecular formula is C21H23NO4. The smallest absolute Gasteiger partial charge is 0.335 e. The first-order valence-electron chi connectivity index (χ1n) is 8.84. The van der Waals surface area contributed by atoms with Gasteiger partial charge in [-0.2, -0.15) is 0 Å². The van der Waals surface area contributed by atoms with E-state index in [-0.39, 0.29) is 17.6 Å². The van der Waals surface area contributed by atoms with Crippen molar-refractivity contribution in [2.45, 2.75) is 32.3 Å². The lowest BCUT2D eigenvalue weighted by molar-refractivity contribution is -0.132. The molecule has 0 aromatic heterocycles. The normalized spacial score (nSPS) is 14.9. The summed E-state index contributed by atoms with van der Waals surface area (Å²) in [4.78, 5) is 25.2. The van der Waals surface area contributed by atoms with Crippen LogP contribution in [-0.2, 0) is 11.2 Å². The summed E-state index contributed by atoms with van der Waals surface area (Å²) in [6, 6.07) is 14.5. The van der Waals surface area contributed by atoms with Crippen molar-refractivity contribution in [3.63, 3.8) is 0 Å². The van der Waals surface area contributed by atoms with E-state index in [1.54, 1.807) is 12.1 Å². The third-order valence-electron chi connectivity index (χ3n) is 4.67. The van der Waals surface area contributed by atoms with E-state index in [4.69, 9.17) is 9.84 Å². The highest BCUT2D eigenvalue weighted by Crippen LogP contribution is 2.20. The molecule has 2 aromatic carbocycles. The molecule has 5 nitrogen and oxygen atoms in total. The molecular weight excluding hydrogens is 330 g/mol. The lowest BCUT2D eigenvalue weighted by Crippen LogP contribution is -2.42. The molecule has 1 aliphatic rings. The minimum atomic E-state index is -0.960. The predicted octanol–water partition coefficient (Wildman–Crippen LogP) is 3.31. The Kier molecular flexibility index (Phi) is 5.56. The molecule has 0 radical (unpaired) electrons. The van der Waals surface area contributed by atoms with Crippen LogP contribution in [0.3, 0.4) is 0 Å². The zero-order valence-electron chi connectivity index (χ0n) is 14.9. The molecule has 1 aliphatic heterocycles. The number of carbonyl (C=O) groups is 2. The van der Waals surface area contributed by atoms with E-state index in [2.05, 4.69) is 0 Å². The van der Waals surface area contributed by atoms with E-state index < -0.39 is 5.97 Å². The largest absolute Gasteiger partial charge is 0.490 e. The number of carbonyl (C=O) groups excluding carboxylic acids is 1. The van der Waals surface area contributed by atoms with E-state index in [9.17, 15) is 9.59 Å². The molecule has 1 amide bonds. The molecule has 0 saturated carbocycles. The summed E-state index contributed by atoms with van der Waals surface area (Å²) in [5.41, 5.74) is 2.27. The van der Waals surface area contributed by atoms with Crippen molar-refractivity contribution < 1.29 is 19.4 Å². The third kappa shape index (κ3) is 4.63. The Hall–Kier alpha value is -2.82. The van der Waals surface area contributed by atoms with Crippen molar-refractivity contribution in [3.05, 3.63) is 65.2 Å². The van der Waals surface area contributed by atoms with Gasteiger partial charge < -0.3 is 14.7 Å². The molecule has 1 saturated heterocycles. The number of likely N-dealkylation sites (tertiary alicyclic amines) is 1. The molecule has 0 atom stereocenters. The number of piperidine rings is 1. The maximum Gasteiger partial charge on any atom is 0.335 e. The van der Waals surface area contributed by atoms with E-state index in [0.717, 1.165) is 24.2 Å². The Morgan fingerprint density at radius 2 is 1.65 bits per heavy atom. The van der Waals surface area contributed by atoms with Gasteiger partial charge in [0, 0.05) is 25.9 Å². The average molecular weight is 353 g/mol. The van der Waals surface area contributed by atoms with Gasteiger partial charge in [0.05, 0.1) is 12.0 Å². The number of benzene rings is 2. The zero-order valence-corrected chi connectivity index (χ0v) is 14.9. The number of hydrogen-bond acceptors (Lipinski definition) is 3. The van der Waals surface area contributed by atoms with Crippen molar-refractivity contribution in [3.8, 4) is 5.75 Å². The second-order valence-electron chi connectivity index (χ2n) is 6.69. The summed E-state index contributed by atoms with van der Waals surface area (Å²) < 4.78 is 6.00. The van der Waals surface area contributed by atoms with Crippen LogP contribution in [0.25, 0.3) is 0 Å². The van der Waals surface area contributed by atoms with Crippen LogP contribution in [-0.4, -0.2) is 41.1 Å². The zero-order chi connectivity index (χ0) is 18.5. The molecule has 2 aromatic rings. The van der Waals surface area contributed by atoms with Gasteiger partial charge in [0.15, 0.2) is 0 Å². The summed E-state index contributed by atoms with van der Waals surface area (Å²) in [5.74, 6) is -0.0146. The monoisotopic (exact) mass is 353 g/mol. The average Bonchev–Trinajstić information content (AvgIpc) is 2.64. The maximum atomic E-state index is 12.5. The number of aryl methyl sites for hydroxylation is 1. The molecule has 1 fully saturated rings. The highest BCUT2D eigenvalue weighted by atomic mass is 16.5. The van der Waals surface area contributed by atoms with Crippen molar-refractivity contribution in [1.29, 1.82) is 0 Å². The fourth-order valence-electron chi connectivity index (χ4n) is 3.08. The van der Waals surface area contributed by atoms with Crippen LogP contribution in [0.2, 0.25) is 0 Å². The quantitative estimate of drug-likeness (QED) is 0.896. The number of rotatable bonds is 5. The molecule has 136 valence electrons. The fraction of sp³-hybridized carbons (Fsp3) is 0.333. The number of hydrogen-bond donors (Lipinski definition) is 1. The van der Waals surface area contributed by atoms with Crippen molar-refractivity contribution in [2.75, 3.05) is 13.1 Å². The van der Waals surface area contributed by atoms with Gasteiger partial charge in [0.2, 0.25) is 5.91 Å². The Labute approximate surface area is 153 Å². The second-order valence-corrected chi connectivity index (χ2v) is 6.69. The van der Waals surface area contributed by atoms with Gasteiger partial charge in [0.1, 0.15) is 11.9 Å². The Bertz CT molecular complexity index is 760. The predicted molar refractivity (Wildman–Crippen MR) is 98.5 cm³/mol. The number of aromatic carboxylic acids is 1. The molecule has 1 heterocycles. The van der Waals surface area contributed by atoms with Gasteiger partial charge in [-0.15, -0.1) is 0 Å². The van der Waals surface area contributed by atoms with Gasteiger partial charge in [0.25, 0.3) is 0 Å². The van der Waals surface area contributed by atoms with Crippen LogP contribution in [0.4, 0.5) is 0 Å². The summed E-state index contributed by atoms with van der Waals surface area (Å²) in [7, 11) is 0. The summed E-state index contributed by atoms with van der Waals surface area (Å²) in [5, 5.41) is 8.92. The molecule has 1 N–H and O–H groups in total. The van der Waals surface area contributed by atoms with Crippen LogP contribution in [0.1, 0.15) is 34.3 Å². The van der Waals surface area contributed by atoms with Crippen molar-refractivity contribution >= 4 is 11.9 Å². The minimum absolute atomic E-state index is 0.0712. The maximum absolute atomic E-state index is 12.5. The summed E-state index contributed by atoms with van der Waals surface area (Å²) in [6.45, 7) is 3.41. The van der Waals surface area contributed by atoms with Crippen LogP contribution < -0.4 is 4.74 Å². The standard InChI is InChI=1S/C21H23NO4/c1-15-2-8-18(9-3-15)26-19-10-12-22(13-11-19)20(23)14-16-4-6-17(7-5-16)21(24)25/h2-9,19H,10-14H2,1H3,(H,24,25). The van der Waals surface area contributed by atoms with E-state index in [1.165, 1.54) is 17.7 Å². The molecule has 3 rings (SSSR count). The SMILES string of the molecule is Cc1ccc(OC2CCN(C(=O)Cc3ccc(C(=O)O)cc3)CC2)cc1. The number of carboxylic acid groups (broad SMARTS) is 1. The topological polar surface area (TPSA) is 66.8 Å². The summed E-state index contributed by atoms with van der Waals surface area (Å²) in [6.07, 6.45) is 2.06. The Balaban J connectivity index is 1.48. The lowest BCUT2D eigenvalue weighted by atomic mass is 10.0. The molecule has 0 spiro atoms. The van der Waals surface area contributed by atoms with Crippen LogP contribution in [0.5, 0.6) is 5.75 Å². The number of carboxylic acids is 1. The van der Waals surface area contributed by atoms with Crippen LogP contribution in [0, 0.1) is 6.92 Å². The molecule has 0 aliphatic carbocycles. The van der Waals surface area contributed by atoms with Gasteiger partial charge in [-0.1, -0.05) is 29.8 Å². The highest BCUT2D eigenvalue weighted by Gasteiger charge is 2.24. The second kappa shape index (κ2) is 8.04. The number of ether oxygens (including phenoxy) is 1. The van der Waals surface area contributed by atoms with Gasteiger partial charge in [-0.05, 0) is 36.8 Å². The number of amides is 1. The lowest BCUT2D eigenvalue weighted by Gasteiger charge is -2.32. The fourth-order valence-corrected chi connectivity index (χ4v) is 3.08. The highest BCUT2D eigenvalue weighted by molar-refractivity contribution is 5.87. The first-order chi connectivity index (χ1) is 12.5. The van der Waals surface area contributed by atoms with Gasteiger partial charge >= 0.3 is 5.97 Å². The van der Waals surface area contributed by atoms with Gasteiger partial charge in [-0.3, -0.25) is 4.79 Å². The van der Waals surface area contributed by atoms with Crippen LogP contribution >= 0.6 is 0 Å². The number of nitrogens with zero attached hydrogens (tertiary/aromatic N) is 1. The van der Waals surface area contributed by atoms with Crippen LogP contribution in [0.15, 0.2) is 48.5 Å². The Morgan fingerprint density at radius 1 is 1.04 bits per heavy atom. The van der Waals surface area contributed by atoms with E-state index in [0.29, 0.717) is 19.5 Å². The van der Waals surface area contributed by atoms with Crippen molar-refractivity contribution in [2.24, 2.45) is 0 Å². The third-order valence-corrected chi connectivity index (χ3v) is 4.67. The minimum Gasteiger partial charge on any atom is -0.490 e. The molecule has 26 heavy (non-hydrogen) atoms.